The van der Waals surface area contributed by atoms with Crippen LogP contribution in [0.5, 0.6) is 0 Å². The van der Waals surface area contributed by atoms with Crippen molar-refractivity contribution in [3.05, 3.63) is 41.5 Å². The minimum Gasteiger partial charge on any atom is -0.359 e. The van der Waals surface area contributed by atoms with Gasteiger partial charge in [-0.3, -0.25) is 9.69 Å². The van der Waals surface area contributed by atoms with Crippen molar-refractivity contribution in [2.45, 2.75) is 25.3 Å². The van der Waals surface area contributed by atoms with Crippen LogP contribution in [-0.4, -0.2) is 78.0 Å². The monoisotopic (exact) mass is 475 g/mol. The molecule has 3 aliphatic heterocycles. The van der Waals surface area contributed by atoms with Crippen molar-refractivity contribution in [2.24, 2.45) is 0 Å². The number of likely N-dealkylation sites (tertiary alicyclic amines) is 1. The summed E-state index contributed by atoms with van der Waals surface area (Å²) in [4.78, 5) is 26.9. The highest BCUT2D eigenvalue weighted by molar-refractivity contribution is 6.02. The Labute approximate surface area is 196 Å². The fraction of sp³-hybridized carbons (Fsp3) is 0.522. The van der Waals surface area contributed by atoms with Crippen LogP contribution >= 0.6 is 0 Å². The smallest absolute Gasteiger partial charge is 0.243 e. The second-order valence-electron chi connectivity index (χ2n) is 8.99. The van der Waals surface area contributed by atoms with E-state index in [-0.39, 0.29) is 18.0 Å². The van der Waals surface area contributed by atoms with Crippen molar-refractivity contribution < 1.29 is 18.0 Å². The quantitative estimate of drug-likeness (QED) is 0.644. The van der Waals surface area contributed by atoms with E-state index in [1.165, 1.54) is 18.8 Å². The lowest BCUT2D eigenvalue weighted by Crippen LogP contribution is -2.51. The molecule has 1 unspecified atom stereocenters. The van der Waals surface area contributed by atoms with Gasteiger partial charge in [-0.2, -0.15) is 0 Å². The molecule has 34 heavy (non-hydrogen) atoms. The first-order chi connectivity index (χ1) is 16.5. The Morgan fingerprint density at radius 1 is 0.941 bits per heavy atom. The standard InChI is InChI=1S/C23H28F3N7O/c24-16-5-4-15(19(25)20(16)26)17(13-31-6-2-1-3-7-31)32-8-10-33(11-9-32)23-21-22(28-14-29-23)27-12-18(34)30-21/h4-5,14,17H,1-3,6-13H2,(H,30,34)(H,27,28,29). The largest absolute Gasteiger partial charge is 0.359 e. The van der Waals surface area contributed by atoms with Gasteiger partial charge in [-0.15, -0.1) is 0 Å². The van der Waals surface area contributed by atoms with Gasteiger partial charge in [-0.05, 0) is 32.0 Å². The summed E-state index contributed by atoms with van der Waals surface area (Å²) in [5, 5.41) is 5.83. The highest BCUT2D eigenvalue weighted by atomic mass is 19.2. The molecule has 2 aromatic rings. The molecule has 1 amide bonds. The maximum absolute atomic E-state index is 14.9. The molecular weight excluding hydrogens is 447 g/mol. The number of hydrogen-bond donors (Lipinski definition) is 2. The second-order valence-corrected chi connectivity index (χ2v) is 8.99. The van der Waals surface area contributed by atoms with E-state index >= 15 is 0 Å². The van der Waals surface area contributed by atoms with Gasteiger partial charge < -0.3 is 20.4 Å². The molecule has 2 saturated heterocycles. The maximum Gasteiger partial charge on any atom is 0.243 e. The zero-order chi connectivity index (χ0) is 23.7. The molecule has 8 nitrogen and oxygen atoms in total. The van der Waals surface area contributed by atoms with Gasteiger partial charge >= 0.3 is 0 Å². The summed E-state index contributed by atoms with van der Waals surface area (Å²) < 4.78 is 42.6. The Bertz CT molecular complexity index is 1060. The summed E-state index contributed by atoms with van der Waals surface area (Å²) >= 11 is 0. The average molecular weight is 476 g/mol. The topological polar surface area (TPSA) is 76.6 Å². The maximum atomic E-state index is 14.9. The molecule has 0 bridgehead atoms. The molecule has 1 aromatic carbocycles. The molecule has 0 saturated carbocycles. The Kier molecular flexibility index (Phi) is 6.55. The van der Waals surface area contributed by atoms with Gasteiger partial charge in [-0.1, -0.05) is 12.5 Å². The Morgan fingerprint density at radius 3 is 2.47 bits per heavy atom. The van der Waals surface area contributed by atoms with E-state index in [4.69, 9.17) is 0 Å². The van der Waals surface area contributed by atoms with Crippen molar-refractivity contribution in [3.8, 4) is 0 Å². The molecule has 0 spiro atoms. The predicted octanol–water partition coefficient (Wildman–Crippen LogP) is 2.61. The third kappa shape index (κ3) is 4.54. The van der Waals surface area contributed by atoms with Crippen molar-refractivity contribution in [1.82, 2.24) is 19.8 Å². The van der Waals surface area contributed by atoms with Crippen molar-refractivity contribution in [1.29, 1.82) is 0 Å². The average Bonchev–Trinajstić information content (AvgIpc) is 2.87. The molecule has 1 aromatic heterocycles. The number of piperidine rings is 1. The lowest BCUT2D eigenvalue weighted by Gasteiger charge is -2.42. The number of aromatic nitrogens is 2. The Morgan fingerprint density at radius 2 is 1.71 bits per heavy atom. The van der Waals surface area contributed by atoms with E-state index in [2.05, 4.69) is 35.3 Å². The fourth-order valence-electron chi connectivity index (χ4n) is 5.05. The van der Waals surface area contributed by atoms with Gasteiger partial charge in [0.2, 0.25) is 5.91 Å². The highest BCUT2D eigenvalue weighted by Gasteiger charge is 2.32. The molecule has 0 radical (unpaired) electrons. The number of benzene rings is 1. The van der Waals surface area contributed by atoms with Crippen LogP contribution in [0.2, 0.25) is 0 Å². The molecule has 0 aliphatic carbocycles. The van der Waals surface area contributed by atoms with Crippen molar-refractivity contribution in [2.75, 3.05) is 67.9 Å². The van der Waals surface area contributed by atoms with Gasteiger partial charge in [0.1, 0.15) is 12.0 Å². The number of carbonyl (C=O) groups is 1. The van der Waals surface area contributed by atoms with Crippen LogP contribution in [-0.2, 0) is 4.79 Å². The summed E-state index contributed by atoms with van der Waals surface area (Å²) in [6, 6.07) is 1.99. The number of anilines is 3. The minimum absolute atomic E-state index is 0.155. The molecule has 2 N–H and O–H groups in total. The predicted molar refractivity (Wildman–Crippen MR) is 122 cm³/mol. The van der Waals surface area contributed by atoms with E-state index in [0.717, 1.165) is 32.0 Å². The first-order valence-electron chi connectivity index (χ1n) is 11.7. The Balaban J connectivity index is 1.36. The van der Waals surface area contributed by atoms with Gasteiger partial charge in [0.25, 0.3) is 0 Å². The molecule has 3 aliphatic rings. The second kappa shape index (κ2) is 9.75. The summed E-state index contributed by atoms with van der Waals surface area (Å²) in [5.74, 6) is -2.64. The van der Waals surface area contributed by atoms with Crippen molar-refractivity contribution >= 4 is 23.2 Å². The van der Waals surface area contributed by atoms with Gasteiger partial charge in [-0.25, -0.2) is 23.1 Å². The first kappa shape index (κ1) is 22.9. The first-order valence-corrected chi connectivity index (χ1v) is 11.7. The fourth-order valence-corrected chi connectivity index (χ4v) is 5.05. The molecule has 5 rings (SSSR count). The minimum atomic E-state index is -1.42. The van der Waals surface area contributed by atoms with Crippen LogP contribution in [0.3, 0.4) is 0 Å². The zero-order valence-corrected chi connectivity index (χ0v) is 18.9. The zero-order valence-electron chi connectivity index (χ0n) is 18.9. The third-order valence-electron chi connectivity index (χ3n) is 6.87. The number of piperazine rings is 1. The van der Waals surface area contributed by atoms with Gasteiger partial charge in [0.05, 0.1) is 12.6 Å². The molecule has 11 heteroatoms. The number of nitrogens with one attached hydrogen (secondary N) is 2. The summed E-state index contributed by atoms with van der Waals surface area (Å²) in [6.45, 7) is 4.89. The third-order valence-corrected chi connectivity index (χ3v) is 6.87. The number of carbonyl (C=O) groups excluding carboxylic acids is 1. The van der Waals surface area contributed by atoms with E-state index in [9.17, 15) is 18.0 Å². The van der Waals surface area contributed by atoms with Crippen molar-refractivity contribution in [3.63, 3.8) is 0 Å². The van der Waals surface area contributed by atoms with Crippen LogP contribution in [0.4, 0.5) is 30.5 Å². The van der Waals surface area contributed by atoms with Gasteiger partial charge in [0, 0.05) is 38.3 Å². The molecule has 1 atom stereocenters. The summed E-state index contributed by atoms with van der Waals surface area (Å²) in [7, 11) is 0. The Hall–Kier alpha value is -2.92. The SMILES string of the molecule is O=C1CNc2ncnc(N3CCN(C(CN4CCCCC4)c4ccc(F)c(F)c4F)CC3)c2N1. The highest BCUT2D eigenvalue weighted by Crippen LogP contribution is 2.34. The van der Waals surface area contributed by atoms with Crippen LogP contribution < -0.4 is 15.5 Å². The van der Waals surface area contributed by atoms with E-state index < -0.39 is 23.5 Å². The van der Waals surface area contributed by atoms with Crippen LogP contribution in [0, 0.1) is 17.5 Å². The van der Waals surface area contributed by atoms with Crippen LogP contribution in [0.25, 0.3) is 0 Å². The summed E-state index contributed by atoms with van der Waals surface area (Å²) in [5.41, 5.74) is 0.748. The lowest BCUT2D eigenvalue weighted by molar-refractivity contribution is -0.114. The number of rotatable bonds is 5. The molecular formula is C23H28F3N7O. The number of nitrogens with zero attached hydrogens (tertiary/aromatic N) is 5. The van der Waals surface area contributed by atoms with E-state index in [1.807, 2.05) is 0 Å². The normalized spacial score (nSPS) is 20.4. The number of hydrogen-bond acceptors (Lipinski definition) is 7. The van der Waals surface area contributed by atoms with Crippen LogP contribution in [0.15, 0.2) is 18.5 Å². The number of amides is 1. The summed E-state index contributed by atoms with van der Waals surface area (Å²) in [6.07, 6.45) is 4.80. The number of halogens is 3. The number of fused-ring (bicyclic) bond motifs is 1. The molecule has 182 valence electrons. The van der Waals surface area contributed by atoms with E-state index in [1.54, 1.807) is 0 Å². The van der Waals surface area contributed by atoms with E-state index in [0.29, 0.717) is 50.0 Å². The van der Waals surface area contributed by atoms with Crippen LogP contribution in [0.1, 0.15) is 30.9 Å². The molecule has 4 heterocycles. The molecule has 2 fully saturated rings. The lowest BCUT2D eigenvalue weighted by atomic mass is 10.0. The van der Waals surface area contributed by atoms with Gasteiger partial charge in [0.15, 0.2) is 29.1 Å².